The van der Waals surface area contributed by atoms with Gasteiger partial charge in [-0.2, -0.15) is 10.1 Å². The molecule has 2 aromatic heterocycles. The van der Waals surface area contributed by atoms with Crippen molar-refractivity contribution in [3.63, 3.8) is 0 Å². The van der Waals surface area contributed by atoms with Gasteiger partial charge in [-0.25, -0.2) is 0 Å². The van der Waals surface area contributed by atoms with E-state index in [-0.39, 0.29) is 6.10 Å². The highest BCUT2D eigenvalue weighted by Gasteiger charge is 2.24. The number of methoxy groups -OCH3 is 1. The van der Waals surface area contributed by atoms with Crippen molar-refractivity contribution >= 4 is 11.6 Å². The van der Waals surface area contributed by atoms with E-state index < -0.39 is 0 Å². The maximum Gasteiger partial charge on any atom is 0.278 e. The van der Waals surface area contributed by atoms with Crippen LogP contribution in [0.4, 0.5) is 0 Å². The van der Waals surface area contributed by atoms with Gasteiger partial charge in [0.05, 0.1) is 26.0 Å². The van der Waals surface area contributed by atoms with E-state index in [0.29, 0.717) is 35.6 Å². The van der Waals surface area contributed by atoms with Crippen LogP contribution in [0.25, 0.3) is 23.0 Å². The molecule has 1 aliphatic heterocycles. The van der Waals surface area contributed by atoms with Crippen LogP contribution >= 0.6 is 11.6 Å². The first-order valence-electron chi connectivity index (χ1n) is 9.12. The first-order chi connectivity index (χ1) is 14.2. The van der Waals surface area contributed by atoms with Crippen LogP contribution in [0, 0.1) is 0 Å². The third kappa shape index (κ3) is 3.50. The summed E-state index contributed by atoms with van der Waals surface area (Å²) in [6.07, 6.45) is -0.0786. The first-order valence-corrected chi connectivity index (χ1v) is 9.50. The lowest BCUT2D eigenvalue weighted by Crippen LogP contribution is -2.21. The van der Waals surface area contributed by atoms with Crippen LogP contribution in [0.2, 0.25) is 5.02 Å². The highest BCUT2D eigenvalue weighted by molar-refractivity contribution is 6.30. The minimum atomic E-state index is -0.0786. The lowest BCUT2D eigenvalue weighted by molar-refractivity contribution is -0.00112. The predicted octanol–water partition coefficient (Wildman–Crippen LogP) is 4.53. The molecule has 146 valence electrons. The maximum absolute atomic E-state index is 5.99. The van der Waals surface area contributed by atoms with E-state index in [1.807, 2.05) is 59.3 Å². The zero-order valence-electron chi connectivity index (χ0n) is 15.6. The topological polar surface area (TPSA) is 75.2 Å². The van der Waals surface area contributed by atoms with Crippen molar-refractivity contribution in [2.75, 3.05) is 7.11 Å². The average Bonchev–Trinajstić information content (AvgIpc) is 3.41. The Morgan fingerprint density at radius 2 is 1.90 bits per heavy atom. The van der Waals surface area contributed by atoms with Crippen molar-refractivity contribution in [1.82, 2.24) is 19.9 Å². The Labute approximate surface area is 171 Å². The van der Waals surface area contributed by atoms with Gasteiger partial charge in [0.2, 0.25) is 5.82 Å². The molecular formula is C21H17ClN4O3. The van der Waals surface area contributed by atoms with Gasteiger partial charge in [-0.1, -0.05) is 28.9 Å². The zero-order valence-corrected chi connectivity index (χ0v) is 16.3. The molecule has 1 aliphatic rings. The van der Waals surface area contributed by atoms with Crippen LogP contribution in [0.1, 0.15) is 17.4 Å². The molecule has 7 nitrogen and oxygen atoms in total. The molecule has 0 spiro atoms. The normalized spacial score (nSPS) is 15.9. The van der Waals surface area contributed by atoms with Gasteiger partial charge >= 0.3 is 0 Å². The fraction of sp³-hybridized carbons (Fsp3) is 0.190. The van der Waals surface area contributed by atoms with E-state index in [9.17, 15) is 0 Å². The second-order valence-electron chi connectivity index (χ2n) is 6.71. The second-order valence-corrected chi connectivity index (χ2v) is 7.14. The van der Waals surface area contributed by atoms with Gasteiger partial charge in [0.1, 0.15) is 11.9 Å². The Morgan fingerprint density at radius 1 is 1.10 bits per heavy atom. The molecule has 4 aromatic rings. The number of ether oxygens (including phenoxy) is 2. The lowest BCUT2D eigenvalue weighted by atomic mass is 10.1. The van der Waals surface area contributed by atoms with E-state index in [1.165, 1.54) is 0 Å². The Balaban J connectivity index is 1.37. The quantitative estimate of drug-likeness (QED) is 0.493. The monoisotopic (exact) mass is 408 g/mol. The Kier molecular flexibility index (Phi) is 4.54. The molecule has 2 aromatic carbocycles. The van der Waals surface area contributed by atoms with Crippen LogP contribution in [-0.4, -0.2) is 27.0 Å². The van der Waals surface area contributed by atoms with Crippen molar-refractivity contribution in [2.24, 2.45) is 0 Å². The molecule has 0 saturated carbocycles. The molecule has 0 fully saturated rings. The maximum atomic E-state index is 5.99. The van der Waals surface area contributed by atoms with E-state index in [2.05, 4.69) is 15.2 Å². The third-order valence-corrected chi connectivity index (χ3v) is 5.12. The molecule has 0 N–H and O–H groups in total. The number of hydrogen-bond donors (Lipinski definition) is 0. The number of aromatic nitrogens is 4. The number of fused-ring (bicyclic) bond motifs is 1. The number of nitrogens with zero attached hydrogens (tertiary/aromatic N) is 4. The summed E-state index contributed by atoms with van der Waals surface area (Å²) < 4.78 is 18.5. The zero-order chi connectivity index (χ0) is 19.8. The van der Waals surface area contributed by atoms with Crippen LogP contribution < -0.4 is 4.74 Å². The highest BCUT2D eigenvalue weighted by Crippen LogP contribution is 2.30. The number of halogens is 1. The summed E-state index contributed by atoms with van der Waals surface area (Å²) >= 11 is 5.98. The number of benzene rings is 2. The first kappa shape index (κ1) is 17.9. The van der Waals surface area contributed by atoms with Crippen LogP contribution in [0.15, 0.2) is 59.1 Å². The summed E-state index contributed by atoms with van der Waals surface area (Å²) in [5.74, 6) is 1.65. The molecule has 0 saturated heterocycles. The van der Waals surface area contributed by atoms with E-state index >= 15 is 0 Å². The molecular weight excluding hydrogens is 392 g/mol. The smallest absolute Gasteiger partial charge is 0.278 e. The summed E-state index contributed by atoms with van der Waals surface area (Å²) in [4.78, 5) is 4.49. The molecule has 0 unspecified atom stereocenters. The summed E-state index contributed by atoms with van der Waals surface area (Å²) in [7, 11) is 1.63. The van der Waals surface area contributed by atoms with Gasteiger partial charge in [-0.15, -0.1) is 0 Å². The van der Waals surface area contributed by atoms with Gasteiger partial charge in [0.15, 0.2) is 5.69 Å². The molecule has 8 heteroatoms. The second kappa shape index (κ2) is 7.35. The minimum absolute atomic E-state index is 0.0786. The fourth-order valence-electron chi connectivity index (χ4n) is 3.29. The van der Waals surface area contributed by atoms with Crippen molar-refractivity contribution in [3.8, 4) is 28.7 Å². The molecule has 0 radical (unpaired) electrons. The summed E-state index contributed by atoms with van der Waals surface area (Å²) in [5.41, 5.74) is 3.51. The van der Waals surface area contributed by atoms with Crippen LogP contribution in [-0.2, 0) is 17.9 Å². The standard InChI is InChI=1S/C21H17ClN4O3/c1-27-17-8-4-14(5-9-17)20-23-21(29-25-20)18-10-16-12-28-19(11-26(16)24-18)13-2-6-15(22)7-3-13/h2-10,19H,11-12H2,1H3/t19-/m1/s1. The van der Waals surface area contributed by atoms with Crippen molar-refractivity contribution in [1.29, 1.82) is 0 Å². The Bertz CT molecular complexity index is 1140. The van der Waals surface area contributed by atoms with E-state index in [0.717, 1.165) is 22.6 Å². The molecule has 5 rings (SSSR count). The summed E-state index contributed by atoms with van der Waals surface area (Å²) in [5, 5.41) is 9.42. The minimum Gasteiger partial charge on any atom is -0.497 e. The molecule has 29 heavy (non-hydrogen) atoms. The molecule has 0 bridgehead atoms. The van der Waals surface area contributed by atoms with Crippen molar-refractivity contribution < 1.29 is 14.0 Å². The average molecular weight is 409 g/mol. The molecule has 0 aliphatic carbocycles. The van der Waals surface area contributed by atoms with Gasteiger partial charge in [0, 0.05) is 10.6 Å². The Hall–Kier alpha value is -3.16. The predicted molar refractivity (Wildman–Crippen MR) is 106 cm³/mol. The van der Waals surface area contributed by atoms with E-state index in [4.69, 9.17) is 25.6 Å². The van der Waals surface area contributed by atoms with Crippen molar-refractivity contribution in [3.05, 3.63) is 70.9 Å². The summed E-state index contributed by atoms with van der Waals surface area (Å²) in [6.45, 7) is 1.07. The van der Waals surface area contributed by atoms with Gasteiger partial charge in [-0.05, 0) is 48.0 Å². The van der Waals surface area contributed by atoms with Crippen LogP contribution in [0.3, 0.4) is 0 Å². The molecule has 3 heterocycles. The highest BCUT2D eigenvalue weighted by atomic mass is 35.5. The largest absolute Gasteiger partial charge is 0.497 e. The van der Waals surface area contributed by atoms with Gasteiger partial charge in [0.25, 0.3) is 5.89 Å². The van der Waals surface area contributed by atoms with Gasteiger partial charge < -0.3 is 14.0 Å². The van der Waals surface area contributed by atoms with E-state index in [1.54, 1.807) is 7.11 Å². The third-order valence-electron chi connectivity index (χ3n) is 4.87. The lowest BCUT2D eigenvalue weighted by Gasteiger charge is -2.24. The molecule has 1 atom stereocenters. The number of rotatable bonds is 4. The van der Waals surface area contributed by atoms with Crippen molar-refractivity contribution in [2.45, 2.75) is 19.3 Å². The fourth-order valence-corrected chi connectivity index (χ4v) is 3.42. The summed E-state index contributed by atoms with van der Waals surface area (Å²) in [6, 6.07) is 17.1. The molecule has 0 amide bonds. The van der Waals surface area contributed by atoms with Crippen LogP contribution in [0.5, 0.6) is 5.75 Å². The SMILES string of the molecule is COc1ccc(-c2noc(-c3cc4n(n3)C[C@H](c3ccc(Cl)cc3)OC4)n2)cc1. The number of hydrogen-bond acceptors (Lipinski definition) is 6. The Morgan fingerprint density at radius 3 is 2.66 bits per heavy atom. The van der Waals surface area contributed by atoms with Gasteiger partial charge in [-0.3, -0.25) is 4.68 Å².